The molecule has 4 heteroatoms. The lowest BCUT2D eigenvalue weighted by molar-refractivity contribution is -0.129. The largest absolute Gasteiger partial charge is 0.384 e. The molecule has 1 fully saturated rings. The summed E-state index contributed by atoms with van der Waals surface area (Å²) in [5, 5.41) is 8.66. The molecule has 1 aliphatic heterocycles. The quantitative estimate of drug-likeness (QED) is 0.806. The van der Waals surface area contributed by atoms with Gasteiger partial charge in [0.1, 0.15) is 6.61 Å². The van der Waals surface area contributed by atoms with Crippen molar-refractivity contribution < 1.29 is 9.90 Å². The van der Waals surface area contributed by atoms with Crippen molar-refractivity contribution in [3.63, 3.8) is 0 Å². The molecule has 1 amide bonds. The Labute approximate surface area is 120 Å². The zero-order chi connectivity index (χ0) is 14.4. The maximum atomic E-state index is 11.8. The molecular formula is C16H20N2O2. The molecule has 1 heterocycles. The van der Waals surface area contributed by atoms with E-state index >= 15 is 0 Å². The van der Waals surface area contributed by atoms with E-state index in [0.717, 1.165) is 31.6 Å². The van der Waals surface area contributed by atoms with Crippen molar-refractivity contribution >= 4 is 5.91 Å². The molecule has 0 unspecified atom stereocenters. The maximum Gasteiger partial charge on any atom is 0.236 e. The van der Waals surface area contributed by atoms with Crippen molar-refractivity contribution in [1.82, 2.24) is 9.80 Å². The van der Waals surface area contributed by atoms with E-state index in [1.807, 2.05) is 31.3 Å². The third-order valence-corrected chi connectivity index (χ3v) is 3.42. The van der Waals surface area contributed by atoms with Crippen LogP contribution in [0.25, 0.3) is 0 Å². The topological polar surface area (TPSA) is 43.8 Å². The lowest BCUT2D eigenvalue weighted by atomic mass is 10.1. The molecule has 1 aliphatic rings. The first-order valence-corrected chi connectivity index (χ1v) is 6.84. The molecule has 0 aliphatic carbocycles. The second kappa shape index (κ2) is 7.09. The molecule has 0 aromatic heterocycles. The van der Waals surface area contributed by atoms with E-state index in [2.05, 4.69) is 16.7 Å². The number of rotatable bonds is 2. The van der Waals surface area contributed by atoms with Crippen LogP contribution in [0.5, 0.6) is 0 Å². The number of carbonyl (C=O) groups is 1. The van der Waals surface area contributed by atoms with Crippen LogP contribution < -0.4 is 0 Å². The summed E-state index contributed by atoms with van der Waals surface area (Å²) in [6.07, 6.45) is 1.02. The number of benzene rings is 1. The fourth-order valence-corrected chi connectivity index (χ4v) is 2.28. The van der Waals surface area contributed by atoms with Crippen LogP contribution in [0, 0.1) is 11.8 Å². The Kier molecular flexibility index (Phi) is 5.16. The van der Waals surface area contributed by atoms with E-state index < -0.39 is 0 Å². The summed E-state index contributed by atoms with van der Waals surface area (Å²) in [4.78, 5) is 15.8. The highest BCUT2D eigenvalue weighted by Gasteiger charge is 2.18. The van der Waals surface area contributed by atoms with E-state index in [1.54, 1.807) is 4.90 Å². The second-order valence-corrected chi connectivity index (χ2v) is 5.04. The summed E-state index contributed by atoms with van der Waals surface area (Å²) < 4.78 is 0. The molecule has 0 saturated carbocycles. The van der Waals surface area contributed by atoms with Gasteiger partial charge in [-0.15, -0.1) is 0 Å². The molecule has 1 aromatic rings. The number of aliphatic hydroxyl groups is 1. The molecule has 1 N–H and O–H groups in total. The average Bonchev–Trinajstić information content (AvgIpc) is 2.60. The molecule has 0 bridgehead atoms. The van der Waals surface area contributed by atoms with Crippen LogP contribution in [-0.2, 0) is 11.3 Å². The summed E-state index contributed by atoms with van der Waals surface area (Å²) >= 11 is 0. The molecular weight excluding hydrogens is 252 g/mol. The Bertz CT molecular complexity index is 514. The number of amides is 1. The van der Waals surface area contributed by atoms with Crippen molar-refractivity contribution in [3.8, 4) is 11.8 Å². The highest BCUT2D eigenvalue weighted by atomic mass is 16.2. The van der Waals surface area contributed by atoms with Gasteiger partial charge in [0.15, 0.2) is 0 Å². The molecule has 1 aromatic carbocycles. The maximum absolute atomic E-state index is 11.8. The highest BCUT2D eigenvalue weighted by Crippen LogP contribution is 2.10. The van der Waals surface area contributed by atoms with Crippen molar-refractivity contribution in [2.45, 2.75) is 13.0 Å². The first-order chi connectivity index (χ1) is 9.69. The minimum absolute atomic E-state index is 0.120. The van der Waals surface area contributed by atoms with Crippen LogP contribution in [-0.4, -0.2) is 54.1 Å². The van der Waals surface area contributed by atoms with Crippen molar-refractivity contribution in [2.75, 3.05) is 33.3 Å². The number of carbonyl (C=O) groups excluding carboxylic acids is 1. The Balaban J connectivity index is 1.97. The predicted octanol–water partition coefficient (Wildman–Crippen LogP) is 0.694. The zero-order valence-electron chi connectivity index (χ0n) is 11.8. The third-order valence-electron chi connectivity index (χ3n) is 3.42. The fourth-order valence-electron chi connectivity index (χ4n) is 2.28. The van der Waals surface area contributed by atoms with Crippen molar-refractivity contribution in [2.24, 2.45) is 0 Å². The number of aliphatic hydroxyl groups excluding tert-OH is 1. The number of hydrogen-bond acceptors (Lipinski definition) is 3. The van der Waals surface area contributed by atoms with Crippen LogP contribution in [0.2, 0.25) is 0 Å². The van der Waals surface area contributed by atoms with Gasteiger partial charge in [0.05, 0.1) is 6.54 Å². The van der Waals surface area contributed by atoms with Crippen molar-refractivity contribution in [1.29, 1.82) is 0 Å². The van der Waals surface area contributed by atoms with Crippen molar-refractivity contribution in [3.05, 3.63) is 35.4 Å². The monoisotopic (exact) mass is 272 g/mol. The van der Waals surface area contributed by atoms with Crippen LogP contribution >= 0.6 is 0 Å². The lowest BCUT2D eigenvalue weighted by Gasteiger charge is -2.19. The van der Waals surface area contributed by atoms with Gasteiger partial charge in [0.2, 0.25) is 5.91 Å². The van der Waals surface area contributed by atoms with Crippen LogP contribution in [0.4, 0.5) is 0 Å². The first-order valence-electron chi connectivity index (χ1n) is 6.84. The second-order valence-electron chi connectivity index (χ2n) is 5.04. The lowest BCUT2D eigenvalue weighted by Crippen LogP contribution is -2.34. The molecule has 2 rings (SSSR count). The van der Waals surface area contributed by atoms with Crippen LogP contribution in [0.3, 0.4) is 0 Å². The average molecular weight is 272 g/mol. The van der Waals surface area contributed by atoms with E-state index in [1.165, 1.54) is 5.56 Å². The molecule has 0 radical (unpaired) electrons. The highest BCUT2D eigenvalue weighted by molar-refractivity contribution is 5.78. The van der Waals surface area contributed by atoms with Gasteiger partial charge in [-0.2, -0.15) is 0 Å². The Morgan fingerprint density at radius 2 is 2.00 bits per heavy atom. The van der Waals surface area contributed by atoms with Crippen LogP contribution in [0.15, 0.2) is 24.3 Å². The summed E-state index contributed by atoms with van der Waals surface area (Å²) in [6, 6.07) is 7.95. The smallest absolute Gasteiger partial charge is 0.236 e. The number of nitrogens with zero attached hydrogens (tertiary/aromatic N) is 2. The van der Waals surface area contributed by atoms with E-state index in [4.69, 9.17) is 5.11 Å². The first kappa shape index (κ1) is 14.6. The minimum atomic E-state index is -0.120. The molecule has 4 nitrogen and oxygen atoms in total. The summed E-state index contributed by atoms with van der Waals surface area (Å²) in [5.74, 6) is 5.69. The third kappa shape index (κ3) is 4.09. The molecule has 0 atom stereocenters. The summed E-state index contributed by atoms with van der Waals surface area (Å²) in [6.45, 7) is 2.94. The summed E-state index contributed by atoms with van der Waals surface area (Å²) in [7, 11) is 1.86. The van der Waals surface area contributed by atoms with Gasteiger partial charge in [-0.3, -0.25) is 9.69 Å². The number of likely N-dealkylation sites (N-methyl/N-ethyl adjacent to an activating group) is 1. The van der Waals surface area contributed by atoms with Gasteiger partial charge in [-0.05, 0) is 24.1 Å². The van der Waals surface area contributed by atoms with Gasteiger partial charge in [0, 0.05) is 32.2 Å². The molecule has 0 spiro atoms. The van der Waals surface area contributed by atoms with E-state index in [9.17, 15) is 4.79 Å². The molecule has 1 saturated heterocycles. The molecule has 106 valence electrons. The normalized spacial score (nSPS) is 16.5. The Hall–Kier alpha value is -1.83. The van der Waals surface area contributed by atoms with Gasteiger partial charge in [-0.1, -0.05) is 24.0 Å². The Morgan fingerprint density at radius 3 is 2.70 bits per heavy atom. The standard InChI is InChI=1S/C16H20N2O2/c1-17-9-3-10-18(13-16(17)20)12-15-7-5-14(6-8-15)4-2-11-19/h5-8,19H,3,9-13H2,1H3. The Morgan fingerprint density at radius 1 is 1.25 bits per heavy atom. The zero-order valence-corrected chi connectivity index (χ0v) is 11.8. The van der Waals surface area contributed by atoms with Gasteiger partial charge in [-0.25, -0.2) is 0 Å². The minimum Gasteiger partial charge on any atom is -0.384 e. The molecule has 20 heavy (non-hydrogen) atoms. The fraction of sp³-hybridized carbons (Fsp3) is 0.438. The van der Waals surface area contributed by atoms with Gasteiger partial charge < -0.3 is 10.0 Å². The number of hydrogen-bond donors (Lipinski definition) is 1. The SMILES string of the molecule is CN1CCCN(Cc2ccc(C#CCO)cc2)CC1=O. The van der Waals surface area contributed by atoms with Gasteiger partial charge >= 0.3 is 0 Å². The summed E-state index contributed by atoms with van der Waals surface area (Å²) in [5.41, 5.74) is 2.08. The predicted molar refractivity (Wildman–Crippen MR) is 77.9 cm³/mol. The van der Waals surface area contributed by atoms with E-state index in [-0.39, 0.29) is 12.5 Å². The van der Waals surface area contributed by atoms with E-state index in [0.29, 0.717) is 6.54 Å². The van der Waals surface area contributed by atoms with Gasteiger partial charge in [0.25, 0.3) is 0 Å². The van der Waals surface area contributed by atoms with Crippen LogP contribution in [0.1, 0.15) is 17.5 Å².